The predicted octanol–water partition coefficient (Wildman–Crippen LogP) is 8.92. The number of aryl methyl sites for hydroxylation is 4. The number of nitrogens with zero attached hydrogens (tertiary/aromatic N) is 15. The van der Waals surface area contributed by atoms with E-state index in [0.29, 0.717) is 78.6 Å². The van der Waals surface area contributed by atoms with Crippen LogP contribution in [0.2, 0.25) is 0 Å². The number of carbonyl (C=O) groups is 3. The highest BCUT2D eigenvalue weighted by molar-refractivity contribution is 5.94. The molecule has 24 heteroatoms. The Labute approximate surface area is 578 Å². The zero-order valence-electron chi connectivity index (χ0n) is 56.2. The fourth-order valence-corrected chi connectivity index (χ4v) is 12.7. The largest absolute Gasteiger partial charge is 0.391 e. The van der Waals surface area contributed by atoms with Crippen LogP contribution >= 0.6 is 0 Å². The van der Waals surface area contributed by atoms with E-state index in [1.807, 2.05) is 120 Å². The van der Waals surface area contributed by atoms with Gasteiger partial charge in [-0.1, -0.05) is 85.6 Å². The highest BCUT2D eigenvalue weighted by atomic mass is 16.3. The minimum absolute atomic E-state index is 0.208. The molecule has 0 unspecified atom stereocenters. The predicted molar refractivity (Wildman–Crippen MR) is 377 cm³/mol. The van der Waals surface area contributed by atoms with Gasteiger partial charge in [0, 0.05) is 94.5 Å². The van der Waals surface area contributed by atoms with E-state index < -0.39 is 18.3 Å². The molecule has 3 aliphatic carbocycles. The topological polar surface area (TPSA) is 294 Å². The number of hydrogen-bond donors (Lipinski definition) is 6. The lowest BCUT2D eigenvalue weighted by molar-refractivity contribution is 0.0445. The van der Waals surface area contributed by atoms with Gasteiger partial charge in [0.1, 0.15) is 22.8 Å². The zero-order valence-corrected chi connectivity index (χ0v) is 56.2. The summed E-state index contributed by atoms with van der Waals surface area (Å²) in [5.74, 6) is 0.341. The standard InChI is InChI=1S/C27H30N6O2.C25H26N6O2.C24H24N6O2/c1-32-13-11-21(30-32)20-9-7-18(8-10-20)15-19-16-24(22-12-14-33(2)31-22)28-25(17-19)27(35)29-23-5-3-4-6-26(23)34;1-30-13-10-20(29-30)19-8-6-17(7-9-19)14-18-15-22(25(33)28-21-4-2-5-23(21)32)27-24(16-18)31-12-3-11-26-31;1-29-12-9-19(28-29)18-5-3-16(4-6-18)13-17-14-21(24(32)27-20-7-8-22(20)31)26-23(15-17)30-11-2-10-25-30/h7-14,16-17,23,26,34H,3-6,15H2,1-2H3,(H,29,35);3,6-13,15-16,21,23,32H,2,4-5,14H2,1H3,(H,28,33);2-6,9-12,14-15,20,22,31H,7-8,13H2,1H3,(H,27,32)/t23-,26-;21-,23-;20-,22-/m000/s1. The fourth-order valence-electron chi connectivity index (χ4n) is 12.7. The lowest BCUT2D eigenvalue weighted by atomic mass is 9.89. The molecule has 12 aromatic rings. The van der Waals surface area contributed by atoms with Gasteiger partial charge >= 0.3 is 0 Å². The first kappa shape index (κ1) is 67.2. The molecule has 9 aromatic heterocycles. The smallest absolute Gasteiger partial charge is 0.270 e. The molecule has 0 spiro atoms. The molecule has 0 aliphatic heterocycles. The number of nitrogens with one attached hydrogen (secondary N) is 3. The van der Waals surface area contributed by atoms with Crippen molar-refractivity contribution in [1.29, 1.82) is 0 Å². The van der Waals surface area contributed by atoms with Crippen molar-refractivity contribution in [3.8, 4) is 56.8 Å². The highest BCUT2D eigenvalue weighted by Crippen LogP contribution is 2.28. The Morgan fingerprint density at radius 3 is 1.05 bits per heavy atom. The van der Waals surface area contributed by atoms with Crippen molar-refractivity contribution in [2.24, 2.45) is 28.2 Å². The quantitative estimate of drug-likeness (QED) is 0.0467. The molecular weight excluding hydrogens is 1260 g/mol. The minimum atomic E-state index is -0.510. The van der Waals surface area contributed by atoms with E-state index in [-0.39, 0.29) is 35.8 Å². The number of pyridine rings is 3. The van der Waals surface area contributed by atoms with Crippen molar-refractivity contribution in [1.82, 2.24) is 89.6 Å². The first-order chi connectivity index (χ1) is 48.5. The highest BCUT2D eigenvalue weighted by Gasteiger charge is 2.32. The van der Waals surface area contributed by atoms with Crippen molar-refractivity contribution < 1.29 is 29.7 Å². The summed E-state index contributed by atoms with van der Waals surface area (Å²) >= 11 is 0. The minimum Gasteiger partial charge on any atom is -0.391 e. The van der Waals surface area contributed by atoms with Crippen LogP contribution in [0, 0.1) is 0 Å². The molecule has 0 saturated heterocycles. The van der Waals surface area contributed by atoms with Crippen molar-refractivity contribution in [2.45, 2.75) is 113 Å². The maximum atomic E-state index is 13.1. The third kappa shape index (κ3) is 16.8. The van der Waals surface area contributed by atoms with Crippen molar-refractivity contribution >= 4 is 17.7 Å². The summed E-state index contributed by atoms with van der Waals surface area (Å²) in [6.07, 6.45) is 22.4. The van der Waals surface area contributed by atoms with Gasteiger partial charge in [-0.25, -0.2) is 24.3 Å². The molecule has 510 valence electrons. The lowest BCUT2D eigenvalue weighted by Gasteiger charge is -2.32. The third-order valence-electron chi connectivity index (χ3n) is 18.3. The van der Waals surface area contributed by atoms with Crippen LogP contribution in [0.5, 0.6) is 0 Å². The molecule has 15 rings (SSSR count). The van der Waals surface area contributed by atoms with Crippen molar-refractivity contribution in [3.05, 3.63) is 246 Å². The molecule has 3 fully saturated rings. The fraction of sp³-hybridized carbons (Fsp3) is 0.289. The lowest BCUT2D eigenvalue weighted by Crippen LogP contribution is -2.50. The molecule has 100 heavy (non-hydrogen) atoms. The van der Waals surface area contributed by atoms with Crippen LogP contribution in [0.4, 0.5) is 0 Å². The van der Waals surface area contributed by atoms with Gasteiger partial charge in [0.05, 0.1) is 59.2 Å². The van der Waals surface area contributed by atoms with Gasteiger partial charge in [-0.2, -0.15) is 30.6 Å². The van der Waals surface area contributed by atoms with Crippen LogP contribution in [0.1, 0.15) is 123 Å². The Morgan fingerprint density at radius 1 is 0.370 bits per heavy atom. The molecule has 6 N–H and O–H groups in total. The van der Waals surface area contributed by atoms with Gasteiger partial charge in [-0.3, -0.25) is 33.1 Å². The van der Waals surface area contributed by atoms with Gasteiger partial charge in [0.25, 0.3) is 17.7 Å². The van der Waals surface area contributed by atoms with E-state index >= 15 is 0 Å². The zero-order chi connectivity index (χ0) is 69.2. The Kier molecular flexibility index (Phi) is 20.6. The Hall–Kier alpha value is -11.3. The number of aliphatic hydroxyl groups is 3. The summed E-state index contributed by atoms with van der Waals surface area (Å²) < 4.78 is 10.4. The van der Waals surface area contributed by atoms with E-state index in [0.717, 1.165) is 106 Å². The molecule has 0 bridgehead atoms. The van der Waals surface area contributed by atoms with E-state index in [4.69, 9.17) is 0 Å². The molecule has 0 radical (unpaired) electrons. The molecular formula is C76H80N18O6. The Morgan fingerprint density at radius 2 is 0.720 bits per heavy atom. The van der Waals surface area contributed by atoms with Crippen LogP contribution < -0.4 is 16.0 Å². The monoisotopic (exact) mass is 1340 g/mol. The van der Waals surface area contributed by atoms with Crippen LogP contribution in [0.3, 0.4) is 0 Å². The maximum Gasteiger partial charge on any atom is 0.270 e. The van der Waals surface area contributed by atoms with Crippen LogP contribution in [0.15, 0.2) is 195 Å². The number of benzene rings is 3. The molecule has 6 atom stereocenters. The maximum absolute atomic E-state index is 13.1. The van der Waals surface area contributed by atoms with Crippen LogP contribution in [-0.4, -0.2) is 143 Å². The number of aliphatic hydroxyl groups excluding tert-OH is 3. The number of hydrogen-bond acceptors (Lipinski definition) is 15. The van der Waals surface area contributed by atoms with Gasteiger partial charge in [-0.05, 0) is 170 Å². The molecule has 3 aliphatic rings. The first-order valence-electron chi connectivity index (χ1n) is 33.8. The summed E-state index contributed by atoms with van der Waals surface area (Å²) in [7, 11) is 7.56. The number of rotatable bonds is 18. The Balaban J connectivity index is 0.000000135. The normalized spacial score (nSPS) is 17.8. The third-order valence-corrected chi connectivity index (χ3v) is 18.3. The summed E-state index contributed by atoms with van der Waals surface area (Å²) in [6.45, 7) is 0. The molecule has 3 amide bonds. The van der Waals surface area contributed by atoms with E-state index in [9.17, 15) is 29.7 Å². The number of aromatic nitrogens is 15. The van der Waals surface area contributed by atoms with Crippen molar-refractivity contribution in [2.75, 3.05) is 0 Å². The number of carbonyl (C=O) groups excluding carboxylic acids is 3. The molecule has 24 nitrogen and oxygen atoms in total. The SMILES string of the molecule is Cn1ccc(-c2ccc(Cc3cc(C(=O)N[C@H]4CCCC[C@@H]4O)nc(-c4ccn(C)n4)c3)cc2)n1.Cn1ccc(-c2ccc(Cc3cc(C(=O)N[C@H]4CCC[C@@H]4O)nc(-n4cccn4)c3)cc2)n1.Cn1ccc(-c2ccc(Cc3cc(C(=O)N[C@H]4CC[C@@H]4O)nc(-n4cccn4)c3)cc2)n1. The number of amides is 3. The van der Waals surface area contributed by atoms with Crippen LogP contribution in [0.25, 0.3) is 56.8 Å². The second kappa shape index (κ2) is 30.6. The second-order valence-electron chi connectivity index (χ2n) is 25.9. The molecule has 3 aromatic carbocycles. The van der Waals surface area contributed by atoms with Gasteiger partial charge < -0.3 is 31.3 Å². The van der Waals surface area contributed by atoms with Crippen molar-refractivity contribution in [3.63, 3.8) is 0 Å². The summed E-state index contributed by atoms with van der Waals surface area (Å²) in [6, 6.07) is 47.0. The van der Waals surface area contributed by atoms with Gasteiger partial charge in [0.2, 0.25) is 0 Å². The molecule has 9 heterocycles. The second-order valence-corrected chi connectivity index (χ2v) is 25.9. The summed E-state index contributed by atoms with van der Waals surface area (Å²) in [4.78, 5) is 52.6. The first-order valence-corrected chi connectivity index (χ1v) is 33.8. The van der Waals surface area contributed by atoms with Gasteiger partial charge in [-0.15, -0.1) is 0 Å². The summed E-state index contributed by atoms with van der Waals surface area (Å²) in [5.41, 5.74) is 14.6. The Bertz CT molecular complexity index is 4750. The molecule has 3 saturated carbocycles. The van der Waals surface area contributed by atoms with E-state index in [1.54, 1.807) is 58.9 Å². The van der Waals surface area contributed by atoms with E-state index in [1.165, 1.54) is 0 Å². The van der Waals surface area contributed by atoms with Gasteiger partial charge in [0.15, 0.2) is 11.6 Å². The average Bonchev–Trinajstić information content (AvgIpc) is 1.21. The summed E-state index contributed by atoms with van der Waals surface area (Å²) in [5, 5.41) is 65.4. The average molecular weight is 1340 g/mol. The van der Waals surface area contributed by atoms with E-state index in [2.05, 4.69) is 134 Å². The van der Waals surface area contributed by atoms with Crippen LogP contribution in [-0.2, 0) is 47.5 Å².